The van der Waals surface area contributed by atoms with Crippen molar-refractivity contribution < 1.29 is 14.3 Å². The van der Waals surface area contributed by atoms with Crippen LogP contribution in [0.25, 0.3) is 0 Å². The number of nitrogens with zero attached hydrogens (tertiary/aromatic N) is 2. The van der Waals surface area contributed by atoms with Gasteiger partial charge in [-0.3, -0.25) is 4.79 Å². The van der Waals surface area contributed by atoms with Crippen molar-refractivity contribution >= 4 is 22.9 Å². The number of aromatic nitrogens is 2. The fraction of sp³-hybridized carbons (Fsp3) is 0.286. The minimum absolute atomic E-state index is 0.0918. The number of aliphatic hydroxyl groups is 1. The normalized spacial score (nSPS) is 17.9. The van der Waals surface area contributed by atoms with Gasteiger partial charge < -0.3 is 14.8 Å². The molecule has 0 amide bonds. The van der Waals surface area contributed by atoms with Gasteiger partial charge in [-0.15, -0.1) is 11.3 Å². The molecule has 1 aliphatic rings. The molecule has 7 heteroatoms. The molecule has 1 saturated carbocycles. The summed E-state index contributed by atoms with van der Waals surface area (Å²) in [5.74, 6) is 2.21. The Hall–Kier alpha value is -2.93. The zero-order valence-corrected chi connectivity index (χ0v) is 16.3. The molecular formula is C21H21N3O3S. The highest BCUT2D eigenvalue weighted by atomic mass is 32.1. The van der Waals surface area contributed by atoms with Crippen molar-refractivity contribution in [2.24, 2.45) is 0 Å². The number of hydrogen-bond acceptors (Lipinski definition) is 7. The van der Waals surface area contributed by atoms with Crippen molar-refractivity contribution in [3.8, 4) is 0 Å². The molecule has 1 unspecified atom stereocenters. The minimum atomic E-state index is -0.0918. The number of nitrogens with one attached hydrogen (secondary N) is 1. The van der Waals surface area contributed by atoms with Crippen LogP contribution in [0.4, 0.5) is 5.82 Å². The molecule has 2 N–H and O–H groups in total. The first-order valence-corrected chi connectivity index (χ1v) is 10.1. The zero-order chi connectivity index (χ0) is 19.5. The predicted octanol–water partition coefficient (Wildman–Crippen LogP) is 4.67. The van der Waals surface area contributed by atoms with E-state index in [1.165, 1.54) is 23.9 Å². The third-order valence-electron chi connectivity index (χ3n) is 4.85. The Bertz CT molecular complexity index is 1020. The number of thiophene rings is 1. The van der Waals surface area contributed by atoms with Gasteiger partial charge in [0.2, 0.25) is 5.78 Å². The van der Waals surface area contributed by atoms with E-state index in [-0.39, 0.29) is 11.8 Å². The number of carbonyl (C=O) groups is 1. The van der Waals surface area contributed by atoms with E-state index in [2.05, 4.69) is 15.3 Å². The smallest absolute Gasteiger partial charge is 0.208 e. The Morgan fingerprint density at radius 3 is 3.11 bits per heavy atom. The summed E-state index contributed by atoms with van der Waals surface area (Å²) in [6, 6.07) is 5.95. The monoisotopic (exact) mass is 395 g/mol. The Morgan fingerprint density at radius 2 is 2.36 bits per heavy atom. The average molecular weight is 395 g/mol. The zero-order valence-electron chi connectivity index (χ0n) is 15.5. The van der Waals surface area contributed by atoms with Crippen molar-refractivity contribution in [3.05, 3.63) is 75.5 Å². The molecule has 1 atom stereocenters. The molecule has 0 bridgehead atoms. The largest absolute Gasteiger partial charge is 0.516 e. The lowest BCUT2D eigenvalue weighted by Crippen LogP contribution is -2.18. The van der Waals surface area contributed by atoms with E-state index >= 15 is 0 Å². The molecule has 0 aromatic carbocycles. The van der Waals surface area contributed by atoms with Crippen LogP contribution in [0.15, 0.2) is 52.4 Å². The number of rotatable bonds is 6. The summed E-state index contributed by atoms with van der Waals surface area (Å²) in [6.45, 7) is 1.92. The fourth-order valence-corrected chi connectivity index (χ4v) is 4.29. The second-order valence-electron chi connectivity index (χ2n) is 6.99. The highest BCUT2D eigenvalue weighted by Crippen LogP contribution is 2.29. The number of aryl methyl sites for hydroxylation is 1. The number of aliphatic hydroxyl groups excluding tert-OH is 1. The quantitative estimate of drug-likeness (QED) is 0.466. The molecular weight excluding hydrogens is 374 g/mol. The minimum Gasteiger partial charge on any atom is -0.516 e. The molecule has 3 aromatic rings. The van der Waals surface area contributed by atoms with Gasteiger partial charge in [-0.25, -0.2) is 9.97 Å². The Morgan fingerprint density at radius 1 is 1.46 bits per heavy atom. The van der Waals surface area contributed by atoms with Gasteiger partial charge in [0, 0.05) is 18.7 Å². The van der Waals surface area contributed by atoms with E-state index in [0.717, 1.165) is 41.9 Å². The summed E-state index contributed by atoms with van der Waals surface area (Å²) in [5.41, 5.74) is 2.52. The molecule has 3 heterocycles. The number of anilines is 1. The topological polar surface area (TPSA) is 88.2 Å². The first kappa shape index (κ1) is 18.4. The van der Waals surface area contributed by atoms with Crippen LogP contribution >= 0.6 is 11.3 Å². The van der Waals surface area contributed by atoms with Crippen LogP contribution in [0, 0.1) is 6.92 Å². The number of ketones is 1. The molecule has 6 nitrogen and oxygen atoms in total. The van der Waals surface area contributed by atoms with Crippen LogP contribution < -0.4 is 5.32 Å². The summed E-state index contributed by atoms with van der Waals surface area (Å²) in [7, 11) is 0. The molecule has 1 aliphatic carbocycles. The molecule has 1 fully saturated rings. The molecule has 0 aliphatic heterocycles. The summed E-state index contributed by atoms with van der Waals surface area (Å²) < 4.78 is 5.62. The molecule has 144 valence electrons. The van der Waals surface area contributed by atoms with Crippen molar-refractivity contribution in [1.82, 2.24) is 9.97 Å². The van der Waals surface area contributed by atoms with E-state index in [1.54, 1.807) is 6.20 Å². The van der Waals surface area contributed by atoms with Gasteiger partial charge in [-0.05, 0) is 60.9 Å². The maximum absolute atomic E-state index is 13.0. The van der Waals surface area contributed by atoms with E-state index in [4.69, 9.17) is 4.42 Å². The lowest BCUT2D eigenvalue weighted by Gasteiger charge is -2.14. The van der Waals surface area contributed by atoms with Crippen LogP contribution in [0.1, 0.15) is 51.6 Å². The fourth-order valence-electron chi connectivity index (χ4n) is 3.43. The third kappa shape index (κ3) is 3.99. The van der Waals surface area contributed by atoms with Crippen LogP contribution in [-0.4, -0.2) is 26.9 Å². The Kier molecular flexibility index (Phi) is 5.25. The second-order valence-corrected chi connectivity index (χ2v) is 7.91. The summed E-state index contributed by atoms with van der Waals surface area (Å²) in [5, 5.41) is 14.5. The first-order valence-electron chi connectivity index (χ1n) is 9.18. The standard InChI is InChI=1S/C21H21N3O3S/c1-13-2-5-17(27-13)7-15-8-19(28-11-15)20(26)18-9-22-12-23-21(18)24-16-4-3-14(6-16)10-25/h2,5,8-12,16,25H,3-4,6-7H2,1H3,(H,22,23,24)/b14-10+. The third-order valence-corrected chi connectivity index (χ3v) is 5.83. The van der Waals surface area contributed by atoms with Crippen LogP contribution in [0.5, 0.6) is 0 Å². The van der Waals surface area contributed by atoms with Crippen LogP contribution in [0.3, 0.4) is 0 Å². The maximum atomic E-state index is 13.0. The van der Waals surface area contributed by atoms with Gasteiger partial charge in [0.15, 0.2) is 0 Å². The molecule has 4 rings (SSSR count). The van der Waals surface area contributed by atoms with Crippen LogP contribution in [-0.2, 0) is 6.42 Å². The van der Waals surface area contributed by atoms with Gasteiger partial charge in [-0.2, -0.15) is 0 Å². The second kappa shape index (κ2) is 7.98. The van der Waals surface area contributed by atoms with Crippen molar-refractivity contribution in [2.75, 3.05) is 5.32 Å². The number of hydrogen-bond donors (Lipinski definition) is 2. The number of furan rings is 1. The van der Waals surface area contributed by atoms with E-state index < -0.39 is 0 Å². The van der Waals surface area contributed by atoms with E-state index in [1.807, 2.05) is 30.5 Å². The Labute approximate surface area is 167 Å². The summed E-state index contributed by atoms with van der Waals surface area (Å²) in [4.78, 5) is 22.0. The highest BCUT2D eigenvalue weighted by molar-refractivity contribution is 7.12. The van der Waals surface area contributed by atoms with E-state index in [9.17, 15) is 9.90 Å². The van der Waals surface area contributed by atoms with Crippen molar-refractivity contribution in [2.45, 2.75) is 38.6 Å². The lowest BCUT2D eigenvalue weighted by atomic mass is 10.1. The van der Waals surface area contributed by atoms with Gasteiger partial charge in [0.25, 0.3) is 0 Å². The van der Waals surface area contributed by atoms with Gasteiger partial charge in [0.05, 0.1) is 16.7 Å². The van der Waals surface area contributed by atoms with Crippen molar-refractivity contribution in [1.29, 1.82) is 0 Å². The molecule has 3 aromatic heterocycles. The molecule has 0 spiro atoms. The Balaban J connectivity index is 1.51. The highest BCUT2D eigenvalue weighted by Gasteiger charge is 2.23. The van der Waals surface area contributed by atoms with E-state index in [0.29, 0.717) is 22.7 Å². The first-order chi connectivity index (χ1) is 13.6. The number of carbonyl (C=O) groups excluding carboxylic acids is 1. The summed E-state index contributed by atoms with van der Waals surface area (Å²) in [6.07, 6.45) is 7.34. The average Bonchev–Trinajstić information content (AvgIpc) is 3.44. The predicted molar refractivity (Wildman–Crippen MR) is 108 cm³/mol. The SMILES string of the molecule is Cc1ccc(Cc2csc(C(=O)c3cncnc3NC3CC/C(=C\O)C3)c2)o1. The lowest BCUT2D eigenvalue weighted by molar-refractivity contribution is 0.104. The molecule has 28 heavy (non-hydrogen) atoms. The van der Waals surface area contributed by atoms with Gasteiger partial charge >= 0.3 is 0 Å². The summed E-state index contributed by atoms with van der Waals surface area (Å²) >= 11 is 1.42. The van der Waals surface area contributed by atoms with Crippen molar-refractivity contribution in [3.63, 3.8) is 0 Å². The van der Waals surface area contributed by atoms with Gasteiger partial charge in [0.1, 0.15) is 23.7 Å². The molecule has 0 saturated heterocycles. The van der Waals surface area contributed by atoms with Gasteiger partial charge in [-0.1, -0.05) is 0 Å². The molecule has 0 radical (unpaired) electrons. The maximum Gasteiger partial charge on any atom is 0.208 e. The van der Waals surface area contributed by atoms with Crippen LogP contribution in [0.2, 0.25) is 0 Å².